The SMILES string of the molecule is CC.Cc1cccc(-c2ccc(N(c3ccccc3)c3ccccc3)cc2)c1. The van der Waals surface area contributed by atoms with Gasteiger partial charge in [-0.1, -0.05) is 92.2 Å². The predicted molar refractivity (Wildman–Crippen MR) is 123 cm³/mol. The van der Waals surface area contributed by atoms with Crippen LogP contribution in [0.2, 0.25) is 0 Å². The first-order chi connectivity index (χ1) is 13.8. The third kappa shape index (κ3) is 4.50. The van der Waals surface area contributed by atoms with E-state index in [9.17, 15) is 0 Å². The van der Waals surface area contributed by atoms with Crippen molar-refractivity contribution in [2.75, 3.05) is 4.90 Å². The Morgan fingerprint density at radius 3 is 1.46 bits per heavy atom. The minimum absolute atomic E-state index is 1.15. The number of nitrogens with zero attached hydrogens (tertiary/aromatic N) is 1. The second-order valence-electron chi connectivity index (χ2n) is 6.42. The number of benzene rings is 4. The smallest absolute Gasteiger partial charge is 0.0462 e. The van der Waals surface area contributed by atoms with Gasteiger partial charge in [0.2, 0.25) is 0 Å². The topological polar surface area (TPSA) is 3.24 Å². The molecule has 0 aliphatic rings. The third-order valence-electron chi connectivity index (χ3n) is 4.51. The first-order valence-corrected chi connectivity index (χ1v) is 9.88. The van der Waals surface area contributed by atoms with Gasteiger partial charge in [0, 0.05) is 17.1 Å². The van der Waals surface area contributed by atoms with Crippen molar-refractivity contribution in [2.24, 2.45) is 0 Å². The summed E-state index contributed by atoms with van der Waals surface area (Å²) in [7, 11) is 0. The Labute approximate surface area is 168 Å². The molecule has 0 aromatic heterocycles. The highest BCUT2D eigenvalue weighted by Gasteiger charge is 2.11. The summed E-state index contributed by atoms with van der Waals surface area (Å²) in [5.74, 6) is 0. The largest absolute Gasteiger partial charge is 0.311 e. The highest BCUT2D eigenvalue weighted by atomic mass is 15.1. The van der Waals surface area contributed by atoms with E-state index in [1.165, 1.54) is 16.7 Å². The van der Waals surface area contributed by atoms with E-state index in [0.29, 0.717) is 0 Å². The van der Waals surface area contributed by atoms with Crippen molar-refractivity contribution in [1.29, 1.82) is 0 Å². The van der Waals surface area contributed by atoms with E-state index in [-0.39, 0.29) is 0 Å². The van der Waals surface area contributed by atoms with Gasteiger partial charge in [-0.2, -0.15) is 0 Å². The van der Waals surface area contributed by atoms with Crippen molar-refractivity contribution in [2.45, 2.75) is 20.8 Å². The molecule has 0 saturated carbocycles. The second kappa shape index (κ2) is 9.57. The van der Waals surface area contributed by atoms with E-state index in [1.807, 2.05) is 26.0 Å². The fraction of sp³-hybridized carbons (Fsp3) is 0.111. The predicted octanol–water partition coefficient (Wildman–Crippen LogP) is 8.16. The number of hydrogen-bond acceptors (Lipinski definition) is 1. The monoisotopic (exact) mass is 365 g/mol. The number of rotatable bonds is 4. The lowest BCUT2D eigenvalue weighted by molar-refractivity contribution is 1.28. The van der Waals surface area contributed by atoms with Crippen molar-refractivity contribution >= 4 is 17.1 Å². The van der Waals surface area contributed by atoms with E-state index in [2.05, 4.69) is 109 Å². The Kier molecular flexibility index (Phi) is 6.64. The molecule has 0 saturated heterocycles. The van der Waals surface area contributed by atoms with Crippen LogP contribution in [0.3, 0.4) is 0 Å². The summed E-state index contributed by atoms with van der Waals surface area (Å²) in [6.07, 6.45) is 0. The average molecular weight is 366 g/mol. The summed E-state index contributed by atoms with van der Waals surface area (Å²) in [4.78, 5) is 2.28. The van der Waals surface area contributed by atoms with Gasteiger partial charge in [0.05, 0.1) is 0 Å². The van der Waals surface area contributed by atoms with Crippen LogP contribution in [0.15, 0.2) is 109 Å². The fourth-order valence-corrected chi connectivity index (χ4v) is 3.23. The highest BCUT2D eigenvalue weighted by Crippen LogP contribution is 2.35. The summed E-state index contributed by atoms with van der Waals surface area (Å²) in [5.41, 5.74) is 7.23. The normalized spacial score (nSPS) is 9.96. The molecule has 4 aromatic rings. The van der Waals surface area contributed by atoms with Crippen molar-refractivity contribution in [3.8, 4) is 11.1 Å². The lowest BCUT2D eigenvalue weighted by Gasteiger charge is -2.25. The molecule has 0 heterocycles. The number of anilines is 3. The summed E-state index contributed by atoms with van der Waals surface area (Å²) in [6, 6.07) is 38.4. The van der Waals surface area contributed by atoms with Gasteiger partial charge in [-0.15, -0.1) is 0 Å². The molecule has 0 atom stereocenters. The molecule has 28 heavy (non-hydrogen) atoms. The molecule has 140 valence electrons. The summed E-state index contributed by atoms with van der Waals surface area (Å²) >= 11 is 0. The van der Waals surface area contributed by atoms with Gasteiger partial charge in [0.15, 0.2) is 0 Å². The Morgan fingerprint density at radius 1 is 0.464 bits per heavy atom. The molecule has 0 radical (unpaired) electrons. The summed E-state index contributed by atoms with van der Waals surface area (Å²) in [5, 5.41) is 0. The molecule has 0 aliphatic heterocycles. The van der Waals surface area contributed by atoms with Crippen molar-refractivity contribution in [3.63, 3.8) is 0 Å². The van der Waals surface area contributed by atoms with E-state index >= 15 is 0 Å². The molecule has 0 fully saturated rings. The molecule has 0 unspecified atom stereocenters. The first kappa shape index (κ1) is 19.4. The van der Waals surface area contributed by atoms with Gasteiger partial charge in [-0.25, -0.2) is 0 Å². The van der Waals surface area contributed by atoms with Crippen LogP contribution in [-0.4, -0.2) is 0 Å². The van der Waals surface area contributed by atoms with Crippen molar-refractivity contribution in [3.05, 3.63) is 115 Å². The Balaban J connectivity index is 0.00000109. The van der Waals surface area contributed by atoms with Gasteiger partial charge in [0.25, 0.3) is 0 Å². The van der Waals surface area contributed by atoms with Gasteiger partial charge < -0.3 is 4.90 Å². The number of para-hydroxylation sites is 2. The van der Waals surface area contributed by atoms with Crippen LogP contribution in [0.1, 0.15) is 19.4 Å². The van der Waals surface area contributed by atoms with Gasteiger partial charge in [-0.05, 0) is 54.4 Å². The van der Waals surface area contributed by atoms with Gasteiger partial charge >= 0.3 is 0 Å². The number of aryl methyl sites for hydroxylation is 1. The van der Waals surface area contributed by atoms with E-state index in [1.54, 1.807) is 0 Å². The Hall–Kier alpha value is -3.32. The molecule has 1 heteroatoms. The maximum absolute atomic E-state index is 2.28. The Morgan fingerprint density at radius 2 is 0.964 bits per heavy atom. The maximum Gasteiger partial charge on any atom is 0.0462 e. The van der Waals surface area contributed by atoms with Crippen LogP contribution in [0, 0.1) is 6.92 Å². The summed E-state index contributed by atoms with van der Waals surface area (Å²) < 4.78 is 0. The van der Waals surface area contributed by atoms with Gasteiger partial charge in [0.1, 0.15) is 0 Å². The molecule has 4 rings (SSSR count). The number of hydrogen-bond donors (Lipinski definition) is 0. The summed E-state index contributed by atoms with van der Waals surface area (Å²) in [6.45, 7) is 6.13. The molecular weight excluding hydrogens is 338 g/mol. The molecule has 1 nitrogen and oxygen atoms in total. The average Bonchev–Trinajstić information content (AvgIpc) is 2.77. The van der Waals surface area contributed by atoms with Crippen LogP contribution in [0.4, 0.5) is 17.1 Å². The standard InChI is InChI=1S/C25H21N.C2H6/c1-20-9-8-10-22(19-20)21-15-17-25(18-16-21)26(23-11-4-2-5-12-23)24-13-6-3-7-14-24;1-2/h2-19H,1H3;1-2H3. The lowest BCUT2D eigenvalue weighted by atomic mass is 10.0. The quantitative estimate of drug-likeness (QED) is 0.352. The van der Waals surface area contributed by atoms with Gasteiger partial charge in [-0.3, -0.25) is 0 Å². The minimum atomic E-state index is 1.15. The van der Waals surface area contributed by atoms with Crippen molar-refractivity contribution < 1.29 is 0 Å². The van der Waals surface area contributed by atoms with Crippen LogP contribution in [-0.2, 0) is 0 Å². The van der Waals surface area contributed by atoms with E-state index < -0.39 is 0 Å². The highest BCUT2D eigenvalue weighted by molar-refractivity contribution is 5.78. The van der Waals surface area contributed by atoms with E-state index in [4.69, 9.17) is 0 Å². The minimum Gasteiger partial charge on any atom is -0.311 e. The fourth-order valence-electron chi connectivity index (χ4n) is 3.23. The van der Waals surface area contributed by atoms with Crippen molar-refractivity contribution in [1.82, 2.24) is 0 Å². The second-order valence-corrected chi connectivity index (χ2v) is 6.42. The zero-order chi connectivity index (χ0) is 19.8. The third-order valence-corrected chi connectivity index (χ3v) is 4.51. The molecular formula is C27H27N. The zero-order valence-corrected chi connectivity index (χ0v) is 16.8. The zero-order valence-electron chi connectivity index (χ0n) is 16.8. The molecule has 4 aromatic carbocycles. The van der Waals surface area contributed by atoms with E-state index in [0.717, 1.165) is 17.1 Å². The van der Waals surface area contributed by atoms with Crippen LogP contribution in [0.5, 0.6) is 0 Å². The lowest BCUT2D eigenvalue weighted by Crippen LogP contribution is -2.09. The maximum atomic E-state index is 2.28. The van der Waals surface area contributed by atoms with Crippen LogP contribution in [0.25, 0.3) is 11.1 Å². The molecule has 0 spiro atoms. The first-order valence-electron chi connectivity index (χ1n) is 9.88. The molecule has 0 amide bonds. The van der Waals surface area contributed by atoms with Crippen LogP contribution < -0.4 is 4.90 Å². The molecule has 0 aliphatic carbocycles. The molecule has 0 bridgehead atoms. The van der Waals surface area contributed by atoms with Crippen LogP contribution >= 0.6 is 0 Å². The molecule has 0 N–H and O–H groups in total. The Bertz CT molecular complexity index is 934.